The number of nitrogens with one attached hydrogen (secondary N) is 2. The van der Waals surface area contributed by atoms with Crippen LogP contribution < -0.4 is 22.3 Å². The third kappa shape index (κ3) is 9.03. The van der Waals surface area contributed by atoms with E-state index in [2.05, 4.69) is 28.9 Å². The summed E-state index contributed by atoms with van der Waals surface area (Å²) in [6, 6.07) is 0.997. The van der Waals surface area contributed by atoms with Crippen molar-refractivity contribution in [3.63, 3.8) is 0 Å². The monoisotopic (exact) mass is 788 g/mol. The Balaban J connectivity index is 1.32. The van der Waals surface area contributed by atoms with Crippen LogP contribution in [0.3, 0.4) is 0 Å². The topological polar surface area (TPSA) is 382 Å². The standard InChI is InChI=1S/C22H31N8O18P3/c1-43-17-9(4-13(32)24-5-10-15(33)16(34)20(45-10)29-3-2-12(31)28-22(29)35)11(6-44-50(39,40)48-51(41,42)47-49(36,37)38)46-21(17)30-8-27-14-18(23)25-7-26-19(14)30/h2-3,7-11,15-17,20-21,33-34H,4-6H2,1H3,(H,24,32)(H,39,40)(H,41,42)(H2,23,25,26)(H,28,31,35)(H2,36,37,38)/t9-,10-,11-,15-,16-,17-,20-,21-/m1/s1. The molecule has 3 aromatic rings. The predicted octanol–water partition coefficient (Wildman–Crippen LogP) is -3.04. The lowest BCUT2D eigenvalue weighted by Gasteiger charge is -2.24. The molecule has 5 heterocycles. The van der Waals surface area contributed by atoms with Gasteiger partial charge in [0.25, 0.3) is 5.56 Å². The zero-order valence-corrected chi connectivity index (χ0v) is 28.5. The second kappa shape index (κ2) is 15.0. The van der Waals surface area contributed by atoms with Gasteiger partial charge in [0, 0.05) is 38.3 Å². The number of nitrogens with zero attached hydrogens (tertiary/aromatic N) is 5. The Kier molecular flexibility index (Phi) is 11.4. The second-order valence-electron chi connectivity index (χ2n) is 11.0. The molecule has 2 aliphatic heterocycles. The first-order valence-corrected chi connectivity index (χ1v) is 18.8. The number of aromatic nitrogens is 6. The van der Waals surface area contributed by atoms with Crippen molar-refractivity contribution in [1.29, 1.82) is 0 Å². The molecule has 10 N–H and O–H groups in total. The van der Waals surface area contributed by atoms with Crippen LogP contribution in [-0.2, 0) is 45.8 Å². The molecule has 2 aliphatic rings. The highest BCUT2D eigenvalue weighted by Gasteiger charge is 2.50. The van der Waals surface area contributed by atoms with Gasteiger partial charge in [-0.3, -0.25) is 28.2 Å². The van der Waals surface area contributed by atoms with Crippen LogP contribution in [-0.4, -0.2) is 116 Å². The fourth-order valence-electron chi connectivity index (χ4n) is 5.49. The van der Waals surface area contributed by atoms with Gasteiger partial charge in [-0.25, -0.2) is 33.4 Å². The van der Waals surface area contributed by atoms with E-state index in [9.17, 15) is 48.1 Å². The van der Waals surface area contributed by atoms with Gasteiger partial charge in [-0.1, -0.05) is 0 Å². The predicted molar refractivity (Wildman–Crippen MR) is 163 cm³/mol. The number of ether oxygens (including phenoxy) is 3. The first-order chi connectivity index (χ1) is 23.8. The molecule has 0 spiro atoms. The number of hydrogen-bond donors (Lipinski definition) is 9. The van der Waals surface area contributed by atoms with Crippen molar-refractivity contribution in [3.8, 4) is 0 Å². The third-order valence-electron chi connectivity index (χ3n) is 7.63. The van der Waals surface area contributed by atoms with Gasteiger partial charge in [0.2, 0.25) is 5.91 Å². The lowest BCUT2D eigenvalue weighted by atomic mass is 9.93. The highest BCUT2D eigenvalue weighted by Crippen LogP contribution is 2.66. The smallest absolute Gasteiger partial charge is 0.387 e. The number of phosphoric acid groups is 3. The number of carbonyl (C=O) groups excluding carboxylic acids is 1. The fourth-order valence-corrected chi connectivity index (χ4v) is 8.52. The first-order valence-electron chi connectivity index (χ1n) is 14.3. The number of imidazole rings is 1. The van der Waals surface area contributed by atoms with Crippen molar-refractivity contribution in [2.45, 2.75) is 49.4 Å². The zero-order chi connectivity index (χ0) is 37.5. The van der Waals surface area contributed by atoms with Crippen LogP contribution in [0.2, 0.25) is 0 Å². The molecule has 0 saturated carbocycles. The number of aliphatic hydroxyl groups is 2. The molecular weight excluding hydrogens is 757 g/mol. The minimum Gasteiger partial charge on any atom is -0.387 e. The lowest BCUT2D eigenvalue weighted by molar-refractivity contribution is -0.124. The maximum atomic E-state index is 13.3. The average molecular weight is 788 g/mol. The summed E-state index contributed by atoms with van der Waals surface area (Å²) in [4.78, 5) is 88.1. The van der Waals surface area contributed by atoms with Crippen LogP contribution in [0, 0.1) is 5.92 Å². The van der Waals surface area contributed by atoms with Gasteiger partial charge in [-0.2, -0.15) is 8.62 Å². The second-order valence-corrected chi connectivity index (χ2v) is 15.4. The average Bonchev–Trinajstić information content (AvgIpc) is 3.67. The van der Waals surface area contributed by atoms with Crippen LogP contribution >= 0.6 is 23.5 Å². The molecule has 51 heavy (non-hydrogen) atoms. The van der Waals surface area contributed by atoms with Gasteiger partial charge in [0.05, 0.1) is 19.0 Å². The summed E-state index contributed by atoms with van der Waals surface area (Å²) in [7, 11) is -15.9. The molecule has 2 saturated heterocycles. The van der Waals surface area contributed by atoms with E-state index in [1.165, 1.54) is 18.0 Å². The molecule has 1 amide bonds. The van der Waals surface area contributed by atoms with Crippen LogP contribution in [0.4, 0.5) is 5.82 Å². The van der Waals surface area contributed by atoms with Gasteiger partial charge in [0.1, 0.15) is 36.3 Å². The van der Waals surface area contributed by atoms with Crippen molar-refractivity contribution in [1.82, 2.24) is 34.4 Å². The zero-order valence-electron chi connectivity index (χ0n) is 25.8. The molecule has 2 unspecified atom stereocenters. The Labute approximate surface area is 283 Å². The Bertz CT molecular complexity index is 2020. The van der Waals surface area contributed by atoms with Crippen molar-refractivity contribution in [2.75, 3.05) is 26.0 Å². The molecule has 29 heteroatoms. The maximum Gasteiger partial charge on any atom is 0.490 e. The van der Waals surface area contributed by atoms with Gasteiger partial charge < -0.3 is 55.0 Å². The lowest BCUT2D eigenvalue weighted by Crippen LogP contribution is -2.42. The van der Waals surface area contributed by atoms with E-state index in [-0.39, 0.29) is 17.0 Å². The molecule has 26 nitrogen and oxygen atoms in total. The number of aliphatic hydroxyl groups excluding tert-OH is 2. The normalized spacial score (nSPS) is 29.2. The number of nitrogen functional groups attached to an aromatic ring is 1. The Hall–Kier alpha value is -3.29. The van der Waals surface area contributed by atoms with E-state index < -0.39 is 109 Å². The molecule has 5 rings (SSSR count). The fraction of sp³-hybridized carbons (Fsp3) is 0.545. The van der Waals surface area contributed by atoms with Crippen LogP contribution in [0.1, 0.15) is 18.9 Å². The van der Waals surface area contributed by atoms with Crippen LogP contribution in [0.5, 0.6) is 0 Å². The number of fused-ring (bicyclic) bond motifs is 1. The molecule has 10 atom stereocenters. The summed E-state index contributed by atoms with van der Waals surface area (Å²) in [6.07, 6.45) is -6.55. The van der Waals surface area contributed by atoms with E-state index >= 15 is 0 Å². The number of anilines is 1. The van der Waals surface area contributed by atoms with Gasteiger partial charge in [-0.05, 0) is 0 Å². The quantitative estimate of drug-likeness (QED) is 0.0733. The molecule has 282 valence electrons. The number of nitrogens with two attached hydrogens (primary N) is 1. The van der Waals surface area contributed by atoms with Crippen molar-refractivity contribution < 1.29 is 75.6 Å². The molecular formula is C22H31N8O18P3. The molecule has 3 aromatic heterocycles. The number of rotatable bonds is 14. The van der Waals surface area contributed by atoms with Crippen LogP contribution in [0.25, 0.3) is 11.2 Å². The number of methoxy groups -OCH3 is 1. The highest BCUT2D eigenvalue weighted by molar-refractivity contribution is 7.66. The summed E-state index contributed by atoms with van der Waals surface area (Å²) in [5, 5.41) is 23.5. The Morgan fingerprint density at radius 2 is 1.71 bits per heavy atom. The minimum absolute atomic E-state index is 0.0138. The molecule has 2 fully saturated rings. The maximum absolute atomic E-state index is 13.3. The van der Waals surface area contributed by atoms with Gasteiger partial charge in [-0.15, -0.1) is 0 Å². The van der Waals surface area contributed by atoms with Crippen molar-refractivity contribution >= 4 is 46.4 Å². The van der Waals surface area contributed by atoms with E-state index in [4.69, 9.17) is 34.3 Å². The minimum atomic E-state index is -5.85. The SMILES string of the molecule is CO[C@@H]1[C@H](CC(=O)NC[C@H]2O[C@@H](n3ccc(=O)[nH]c3=O)[C@H](O)[C@@H]2O)[C@@H](COP(=O)(O)OP(=O)(O)OP(=O)(O)O)O[C@H]1n1cnc2c(N)ncnc21. The summed E-state index contributed by atoms with van der Waals surface area (Å²) in [5.41, 5.74) is 4.57. The third-order valence-corrected chi connectivity index (χ3v) is 11.4. The van der Waals surface area contributed by atoms with Gasteiger partial charge >= 0.3 is 29.2 Å². The van der Waals surface area contributed by atoms with E-state index in [0.717, 1.165) is 23.2 Å². The molecule has 0 aromatic carbocycles. The number of aromatic amines is 1. The van der Waals surface area contributed by atoms with Crippen molar-refractivity contribution in [2.24, 2.45) is 5.92 Å². The number of H-pyrrole nitrogens is 1. The number of carbonyl (C=O) groups is 1. The number of phosphoric ester groups is 1. The Morgan fingerprint density at radius 1 is 1.00 bits per heavy atom. The number of hydrogen-bond acceptors (Lipinski definition) is 18. The molecule has 0 bridgehead atoms. The molecule has 0 aliphatic carbocycles. The van der Waals surface area contributed by atoms with E-state index in [1.54, 1.807) is 0 Å². The summed E-state index contributed by atoms with van der Waals surface area (Å²) >= 11 is 0. The number of amides is 1. The van der Waals surface area contributed by atoms with E-state index in [1.807, 2.05) is 4.98 Å². The summed E-state index contributed by atoms with van der Waals surface area (Å²) < 4.78 is 67.0. The van der Waals surface area contributed by atoms with Crippen LogP contribution in [0.15, 0.2) is 34.5 Å². The van der Waals surface area contributed by atoms with E-state index in [0.29, 0.717) is 0 Å². The Morgan fingerprint density at radius 3 is 2.37 bits per heavy atom. The highest BCUT2D eigenvalue weighted by atomic mass is 31.3. The van der Waals surface area contributed by atoms with Gasteiger partial charge in [0.15, 0.2) is 23.9 Å². The van der Waals surface area contributed by atoms with Crippen molar-refractivity contribution in [3.05, 3.63) is 45.8 Å². The largest absolute Gasteiger partial charge is 0.490 e. The molecule has 0 radical (unpaired) electrons. The summed E-state index contributed by atoms with van der Waals surface area (Å²) in [5.74, 6) is -1.80. The first kappa shape index (κ1) is 38.9. The summed E-state index contributed by atoms with van der Waals surface area (Å²) in [6.45, 7) is -1.36.